The number of nitro groups is 1. The van der Waals surface area contributed by atoms with Gasteiger partial charge in [-0.25, -0.2) is 9.97 Å². The number of nitrogens with one attached hydrogen (secondary N) is 1. The number of hydrogen-bond donors (Lipinski definition) is 1. The summed E-state index contributed by atoms with van der Waals surface area (Å²) >= 11 is 0. The molecule has 0 bridgehead atoms. The van der Waals surface area contributed by atoms with Gasteiger partial charge in [0.2, 0.25) is 0 Å². The lowest BCUT2D eigenvalue weighted by molar-refractivity contribution is -0.384. The number of benzene rings is 1. The second-order valence-electron chi connectivity index (χ2n) is 3.76. The molecule has 0 amide bonds. The van der Waals surface area contributed by atoms with Crippen molar-refractivity contribution in [3.63, 3.8) is 0 Å². The van der Waals surface area contributed by atoms with Crippen molar-refractivity contribution in [2.24, 2.45) is 0 Å². The van der Waals surface area contributed by atoms with E-state index in [1.54, 1.807) is 12.4 Å². The van der Waals surface area contributed by atoms with Gasteiger partial charge in [0.05, 0.1) is 4.92 Å². The van der Waals surface area contributed by atoms with Crippen LogP contribution in [0.2, 0.25) is 0 Å². The van der Waals surface area contributed by atoms with Gasteiger partial charge < -0.3 is 10.1 Å². The van der Waals surface area contributed by atoms with E-state index in [1.165, 1.54) is 24.3 Å². The molecular formula is C12H12N4O3. The lowest BCUT2D eigenvalue weighted by Crippen LogP contribution is -2.06. The van der Waals surface area contributed by atoms with Gasteiger partial charge in [-0.2, -0.15) is 0 Å². The fourth-order valence-corrected chi connectivity index (χ4v) is 1.43. The maximum Gasteiger partial charge on any atom is 0.321 e. The SMILES string of the molecule is CNCc1cnc(Oc2ccc([N+](=O)[O-])cc2)nc1. The van der Waals surface area contributed by atoms with Gasteiger partial charge in [0.25, 0.3) is 5.69 Å². The smallest absolute Gasteiger partial charge is 0.321 e. The Balaban J connectivity index is 2.06. The Morgan fingerprint density at radius 3 is 2.42 bits per heavy atom. The molecule has 7 heteroatoms. The molecule has 19 heavy (non-hydrogen) atoms. The topological polar surface area (TPSA) is 90.2 Å². The molecule has 1 aromatic carbocycles. The lowest BCUT2D eigenvalue weighted by Gasteiger charge is -2.04. The summed E-state index contributed by atoms with van der Waals surface area (Å²) in [6.45, 7) is 0.678. The molecule has 7 nitrogen and oxygen atoms in total. The predicted octanol–water partition coefficient (Wildman–Crippen LogP) is 1.90. The van der Waals surface area contributed by atoms with E-state index in [2.05, 4.69) is 15.3 Å². The number of ether oxygens (including phenoxy) is 1. The van der Waals surface area contributed by atoms with Gasteiger partial charge in [0.15, 0.2) is 0 Å². The molecule has 98 valence electrons. The highest BCUT2D eigenvalue weighted by Crippen LogP contribution is 2.20. The molecule has 0 fully saturated rings. The third kappa shape index (κ3) is 3.46. The van der Waals surface area contributed by atoms with Crippen LogP contribution in [0.25, 0.3) is 0 Å². The summed E-state index contributed by atoms with van der Waals surface area (Å²) in [6, 6.07) is 5.94. The molecule has 1 heterocycles. The second-order valence-corrected chi connectivity index (χ2v) is 3.76. The molecule has 2 aromatic rings. The van der Waals surface area contributed by atoms with E-state index in [0.717, 1.165) is 5.56 Å². The highest BCUT2D eigenvalue weighted by atomic mass is 16.6. The average Bonchev–Trinajstić information content (AvgIpc) is 2.42. The summed E-state index contributed by atoms with van der Waals surface area (Å²) in [4.78, 5) is 18.1. The van der Waals surface area contributed by atoms with Crippen LogP contribution in [0, 0.1) is 10.1 Å². The molecular weight excluding hydrogens is 248 g/mol. The molecule has 0 aliphatic heterocycles. The van der Waals surface area contributed by atoms with Crippen molar-refractivity contribution in [1.29, 1.82) is 0 Å². The zero-order valence-electron chi connectivity index (χ0n) is 10.2. The van der Waals surface area contributed by atoms with E-state index in [9.17, 15) is 10.1 Å². The molecule has 0 saturated carbocycles. The number of aromatic nitrogens is 2. The Morgan fingerprint density at radius 2 is 1.89 bits per heavy atom. The standard InChI is InChI=1S/C12H12N4O3/c1-13-6-9-7-14-12(15-8-9)19-11-4-2-10(3-5-11)16(17)18/h2-5,7-8,13H,6H2,1H3. The maximum atomic E-state index is 10.5. The van der Waals surface area contributed by atoms with Gasteiger partial charge in [0.1, 0.15) is 5.75 Å². The van der Waals surface area contributed by atoms with Crippen LogP contribution in [0.15, 0.2) is 36.7 Å². The van der Waals surface area contributed by atoms with Gasteiger partial charge in [-0.3, -0.25) is 10.1 Å². The van der Waals surface area contributed by atoms with E-state index < -0.39 is 4.92 Å². The van der Waals surface area contributed by atoms with E-state index >= 15 is 0 Å². The largest absolute Gasteiger partial charge is 0.424 e. The Kier molecular flexibility index (Phi) is 3.99. The number of nitro benzene ring substituents is 1. The third-order valence-electron chi connectivity index (χ3n) is 2.32. The van der Waals surface area contributed by atoms with Crippen molar-refractivity contribution in [2.75, 3.05) is 7.05 Å². The van der Waals surface area contributed by atoms with Crippen LogP contribution in [0.1, 0.15) is 5.56 Å². The minimum atomic E-state index is -0.465. The quantitative estimate of drug-likeness (QED) is 0.652. The Bertz CT molecular complexity index is 554. The van der Waals surface area contributed by atoms with Crippen molar-refractivity contribution in [3.8, 4) is 11.8 Å². The van der Waals surface area contributed by atoms with Gasteiger partial charge >= 0.3 is 6.01 Å². The van der Waals surface area contributed by atoms with Crippen molar-refractivity contribution < 1.29 is 9.66 Å². The van der Waals surface area contributed by atoms with Crippen LogP contribution < -0.4 is 10.1 Å². The fourth-order valence-electron chi connectivity index (χ4n) is 1.43. The number of non-ortho nitro benzene ring substituents is 1. The molecule has 2 rings (SSSR count). The first-order chi connectivity index (χ1) is 9.19. The number of nitrogens with zero attached hydrogens (tertiary/aromatic N) is 3. The van der Waals surface area contributed by atoms with Crippen LogP contribution in [0.3, 0.4) is 0 Å². The average molecular weight is 260 g/mol. The van der Waals surface area contributed by atoms with Crippen LogP contribution in [0.4, 0.5) is 5.69 Å². The molecule has 0 atom stereocenters. The highest BCUT2D eigenvalue weighted by molar-refractivity contribution is 5.36. The molecule has 0 aliphatic rings. The summed E-state index contributed by atoms with van der Waals surface area (Å²) in [5, 5.41) is 13.5. The van der Waals surface area contributed by atoms with Crippen LogP contribution in [-0.2, 0) is 6.54 Å². The van der Waals surface area contributed by atoms with Gasteiger partial charge in [0, 0.05) is 36.6 Å². The second kappa shape index (κ2) is 5.87. The van der Waals surface area contributed by atoms with Crippen LogP contribution in [0.5, 0.6) is 11.8 Å². The van der Waals surface area contributed by atoms with Gasteiger partial charge in [-0.15, -0.1) is 0 Å². The summed E-state index contributed by atoms with van der Waals surface area (Å²) in [5.74, 6) is 0.451. The van der Waals surface area contributed by atoms with Crippen LogP contribution in [-0.4, -0.2) is 21.9 Å². The molecule has 0 radical (unpaired) electrons. The summed E-state index contributed by atoms with van der Waals surface area (Å²) < 4.78 is 5.38. The zero-order valence-corrected chi connectivity index (χ0v) is 10.2. The molecule has 0 unspecified atom stereocenters. The third-order valence-corrected chi connectivity index (χ3v) is 2.32. The first-order valence-corrected chi connectivity index (χ1v) is 5.57. The van der Waals surface area contributed by atoms with Gasteiger partial charge in [-0.05, 0) is 19.2 Å². The summed E-state index contributed by atoms with van der Waals surface area (Å²) in [5.41, 5.74) is 0.955. The van der Waals surface area contributed by atoms with Crippen LogP contribution >= 0.6 is 0 Å². The minimum absolute atomic E-state index is 0.0117. The van der Waals surface area contributed by atoms with E-state index in [4.69, 9.17) is 4.74 Å². The van der Waals surface area contributed by atoms with Crippen molar-refractivity contribution in [1.82, 2.24) is 15.3 Å². The molecule has 1 N–H and O–H groups in total. The van der Waals surface area contributed by atoms with Crippen molar-refractivity contribution >= 4 is 5.69 Å². The van der Waals surface area contributed by atoms with Crippen molar-refractivity contribution in [3.05, 3.63) is 52.3 Å². The molecule has 0 spiro atoms. The predicted molar refractivity (Wildman–Crippen MR) is 68.0 cm³/mol. The minimum Gasteiger partial charge on any atom is -0.424 e. The normalized spacial score (nSPS) is 10.2. The molecule has 0 saturated heterocycles. The molecule has 1 aromatic heterocycles. The number of hydrogen-bond acceptors (Lipinski definition) is 6. The number of rotatable bonds is 5. The van der Waals surface area contributed by atoms with E-state index in [-0.39, 0.29) is 11.7 Å². The maximum absolute atomic E-state index is 10.5. The monoisotopic (exact) mass is 260 g/mol. The van der Waals surface area contributed by atoms with Crippen molar-refractivity contribution in [2.45, 2.75) is 6.54 Å². The summed E-state index contributed by atoms with van der Waals surface area (Å²) in [7, 11) is 1.83. The fraction of sp³-hybridized carbons (Fsp3) is 0.167. The Hall–Kier alpha value is -2.54. The lowest BCUT2D eigenvalue weighted by atomic mass is 10.3. The first kappa shape index (κ1) is 12.9. The molecule has 0 aliphatic carbocycles. The first-order valence-electron chi connectivity index (χ1n) is 5.57. The van der Waals surface area contributed by atoms with E-state index in [0.29, 0.717) is 12.3 Å². The van der Waals surface area contributed by atoms with E-state index in [1.807, 2.05) is 7.05 Å². The Morgan fingerprint density at radius 1 is 1.26 bits per heavy atom. The zero-order chi connectivity index (χ0) is 13.7. The van der Waals surface area contributed by atoms with Gasteiger partial charge in [-0.1, -0.05) is 0 Å². The Labute approximate surface area is 109 Å². The summed E-state index contributed by atoms with van der Waals surface area (Å²) in [6.07, 6.45) is 3.31. The highest BCUT2D eigenvalue weighted by Gasteiger charge is 2.06.